The molecule has 0 spiro atoms. The van der Waals surface area contributed by atoms with Gasteiger partial charge in [-0.15, -0.1) is 0 Å². The fourth-order valence-electron chi connectivity index (χ4n) is 1.87. The molecule has 0 saturated heterocycles. The normalized spacial score (nSPS) is 10.6. The van der Waals surface area contributed by atoms with Gasteiger partial charge in [0.2, 0.25) is 5.91 Å². The highest BCUT2D eigenvalue weighted by Crippen LogP contribution is 2.20. The summed E-state index contributed by atoms with van der Waals surface area (Å²) in [6, 6.07) is 4.65. The van der Waals surface area contributed by atoms with Crippen LogP contribution in [-0.4, -0.2) is 28.5 Å². The molecule has 2 aromatic rings. The maximum Gasteiger partial charge on any atom is 0.305 e. The van der Waals surface area contributed by atoms with E-state index in [1.807, 2.05) is 0 Å². The van der Waals surface area contributed by atoms with Gasteiger partial charge in [-0.05, 0) is 11.6 Å². The third-order valence-electron chi connectivity index (χ3n) is 2.76. The first-order valence-electron chi connectivity index (χ1n) is 5.81. The van der Waals surface area contributed by atoms with Crippen LogP contribution in [0.15, 0.2) is 24.4 Å². The fourth-order valence-corrected chi connectivity index (χ4v) is 1.87. The van der Waals surface area contributed by atoms with Crippen LogP contribution < -0.4 is 5.32 Å². The molecule has 0 fully saturated rings. The zero-order valence-corrected chi connectivity index (χ0v) is 10.1. The van der Waals surface area contributed by atoms with E-state index >= 15 is 0 Å². The molecule has 0 unspecified atom stereocenters. The first-order valence-corrected chi connectivity index (χ1v) is 5.81. The number of carboxylic acid groups (broad SMARTS) is 1. The highest BCUT2D eigenvalue weighted by Gasteiger charge is 2.10. The first kappa shape index (κ1) is 13.1. The monoisotopic (exact) mass is 264 g/mol. The summed E-state index contributed by atoms with van der Waals surface area (Å²) in [7, 11) is 0. The SMILES string of the molecule is O=C(O)CCNC(=O)Cc1c[nH]c2c(F)cccc12. The molecule has 3 N–H and O–H groups in total. The number of H-pyrrole nitrogens is 1. The molecular formula is C13H13FN2O3. The Bertz CT molecular complexity index is 621. The van der Waals surface area contributed by atoms with E-state index in [1.54, 1.807) is 18.3 Å². The molecule has 1 amide bonds. The number of aromatic amines is 1. The Morgan fingerprint density at radius 2 is 2.16 bits per heavy atom. The number of nitrogens with one attached hydrogen (secondary N) is 2. The number of amides is 1. The van der Waals surface area contributed by atoms with Crippen molar-refractivity contribution in [2.45, 2.75) is 12.8 Å². The molecule has 0 radical (unpaired) electrons. The van der Waals surface area contributed by atoms with E-state index in [0.717, 1.165) is 0 Å². The minimum atomic E-state index is -0.963. The van der Waals surface area contributed by atoms with Gasteiger partial charge in [0.25, 0.3) is 0 Å². The van der Waals surface area contributed by atoms with Gasteiger partial charge in [-0.25, -0.2) is 4.39 Å². The average Bonchev–Trinajstić information content (AvgIpc) is 2.73. The molecule has 0 aliphatic carbocycles. The Balaban J connectivity index is 2.03. The number of aliphatic carboxylic acids is 1. The molecule has 5 nitrogen and oxygen atoms in total. The lowest BCUT2D eigenvalue weighted by molar-refractivity contribution is -0.136. The Hall–Kier alpha value is -2.37. The van der Waals surface area contributed by atoms with E-state index in [0.29, 0.717) is 16.5 Å². The van der Waals surface area contributed by atoms with Gasteiger partial charge >= 0.3 is 5.97 Å². The number of hydrogen-bond acceptors (Lipinski definition) is 2. The van der Waals surface area contributed by atoms with Crippen LogP contribution in [-0.2, 0) is 16.0 Å². The van der Waals surface area contributed by atoms with Crippen LogP contribution in [0.2, 0.25) is 0 Å². The fraction of sp³-hybridized carbons (Fsp3) is 0.231. The van der Waals surface area contributed by atoms with E-state index in [9.17, 15) is 14.0 Å². The van der Waals surface area contributed by atoms with Crippen molar-refractivity contribution in [3.63, 3.8) is 0 Å². The van der Waals surface area contributed by atoms with Crippen LogP contribution in [0.3, 0.4) is 0 Å². The smallest absolute Gasteiger partial charge is 0.305 e. The van der Waals surface area contributed by atoms with Crippen molar-refractivity contribution in [1.82, 2.24) is 10.3 Å². The minimum Gasteiger partial charge on any atom is -0.481 e. The minimum absolute atomic E-state index is 0.0864. The molecule has 1 heterocycles. The Morgan fingerprint density at radius 3 is 2.89 bits per heavy atom. The molecule has 1 aromatic heterocycles. The van der Waals surface area contributed by atoms with Crippen molar-refractivity contribution in [2.24, 2.45) is 0 Å². The summed E-state index contributed by atoms with van der Waals surface area (Å²) in [6.07, 6.45) is 1.56. The average molecular weight is 264 g/mol. The van der Waals surface area contributed by atoms with Crippen LogP contribution in [0.1, 0.15) is 12.0 Å². The van der Waals surface area contributed by atoms with Gasteiger partial charge in [-0.2, -0.15) is 0 Å². The second-order valence-corrected chi connectivity index (χ2v) is 4.15. The lowest BCUT2D eigenvalue weighted by atomic mass is 10.1. The van der Waals surface area contributed by atoms with Gasteiger partial charge in [0.1, 0.15) is 5.82 Å². The molecule has 1 aromatic carbocycles. The molecule has 0 aliphatic rings. The maximum atomic E-state index is 13.4. The summed E-state index contributed by atoms with van der Waals surface area (Å²) in [4.78, 5) is 24.7. The second-order valence-electron chi connectivity index (χ2n) is 4.15. The number of hydrogen-bond donors (Lipinski definition) is 3. The summed E-state index contributed by atoms with van der Waals surface area (Å²) in [5.41, 5.74) is 1.05. The van der Waals surface area contributed by atoms with E-state index < -0.39 is 5.97 Å². The van der Waals surface area contributed by atoms with Crippen LogP contribution in [0.4, 0.5) is 4.39 Å². The number of halogens is 1. The zero-order valence-electron chi connectivity index (χ0n) is 10.1. The predicted octanol–water partition coefficient (Wildman–Crippen LogP) is 1.44. The Morgan fingerprint density at radius 1 is 1.37 bits per heavy atom. The zero-order chi connectivity index (χ0) is 13.8. The molecular weight excluding hydrogens is 251 g/mol. The van der Waals surface area contributed by atoms with Crippen molar-refractivity contribution in [2.75, 3.05) is 6.54 Å². The second kappa shape index (κ2) is 5.51. The highest BCUT2D eigenvalue weighted by molar-refractivity contribution is 5.89. The van der Waals surface area contributed by atoms with E-state index in [2.05, 4.69) is 10.3 Å². The molecule has 0 aliphatic heterocycles. The number of carboxylic acids is 1. The molecule has 0 saturated carbocycles. The van der Waals surface area contributed by atoms with Crippen LogP contribution >= 0.6 is 0 Å². The van der Waals surface area contributed by atoms with E-state index in [4.69, 9.17) is 5.11 Å². The number of fused-ring (bicyclic) bond motifs is 1. The van der Waals surface area contributed by atoms with Gasteiger partial charge < -0.3 is 15.4 Å². The molecule has 19 heavy (non-hydrogen) atoms. The Labute approximate surface area is 108 Å². The van der Waals surface area contributed by atoms with Gasteiger partial charge in [0.15, 0.2) is 0 Å². The van der Waals surface area contributed by atoms with Crippen LogP contribution in [0.5, 0.6) is 0 Å². The lowest BCUT2D eigenvalue weighted by Crippen LogP contribution is -2.27. The van der Waals surface area contributed by atoms with Crippen molar-refractivity contribution >= 4 is 22.8 Å². The molecule has 6 heteroatoms. The lowest BCUT2D eigenvalue weighted by Gasteiger charge is -2.02. The predicted molar refractivity (Wildman–Crippen MR) is 67.2 cm³/mol. The molecule has 100 valence electrons. The van der Waals surface area contributed by atoms with Gasteiger partial charge in [-0.3, -0.25) is 9.59 Å². The van der Waals surface area contributed by atoms with E-state index in [-0.39, 0.29) is 31.1 Å². The number of aromatic nitrogens is 1. The van der Waals surface area contributed by atoms with E-state index in [1.165, 1.54) is 6.07 Å². The van der Waals surface area contributed by atoms with Gasteiger partial charge in [-0.1, -0.05) is 12.1 Å². The number of carbonyl (C=O) groups excluding carboxylic acids is 1. The molecule has 2 rings (SSSR count). The first-order chi connectivity index (χ1) is 9.08. The molecule has 0 bridgehead atoms. The third-order valence-corrected chi connectivity index (χ3v) is 2.76. The number of rotatable bonds is 5. The maximum absolute atomic E-state index is 13.4. The quantitative estimate of drug-likeness (QED) is 0.764. The number of carbonyl (C=O) groups is 2. The summed E-state index contributed by atoms with van der Waals surface area (Å²) in [5.74, 6) is -1.61. The van der Waals surface area contributed by atoms with Crippen LogP contribution in [0.25, 0.3) is 10.9 Å². The third kappa shape index (κ3) is 3.09. The standard InChI is InChI=1S/C13H13FN2O3/c14-10-3-1-2-9-8(7-16-13(9)10)6-11(17)15-5-4-12(18)19/h1-3,7,16H,4-6H2,(H,15,17)(H,18,19). The summed E-state index contributed by atoms with van der Waals surface area (Å²) < 4.78 is 13.4. The summed E-state index contributed by atoms with van der Waals surface area (Å²) in [6.45, 7) is 0.0882. The molecule has 0 atom stereocenters. The topological polar surface area (TPSA) is 82.2 Å². The number of para-hydroxylation sites is 1. The van der Waals surface area contributed by atoms with Crippen molar-refractivity contribution in [3.05, 3.63) is 35.8 Å². The summed E-state index contributed by atoms with van der Waals surface area (Å²) >= 11 is 0. The number of benzene rings is 1. The van der Waals surface area contributed by atoms with Crippen molar-refractivity contribution in [3.8, 4) is 0 Å². The van der Waals surface area contributed by atoms with Gasteiger partial charge in [0.05, 0.1) is 18.4 Å². The highest BCUT2D eigenvalue weighted by atomic mass is 19.1. The largest absolute Gasteiger partial charge is 0.481 e. The van der Waals surface area contributed by atoms with Crippen LogP contribution in [0, 0.1) is 5.82 Å². The summed E-state index contributed by atoms with van der Waals surface area (Å²) in [5, 5.41) is 11.6. The van der Waals surface area contributed by atoms with Crippen molar-refractivity contribution in [1.29, 1.82) is 0 Å². The van der Waals surface area contributed by atoms with Gasteiger partial charge in [0, 0.05) is 18.1 Å². The van der Waals surface area contributed by atoms with Crippen molar-refractivity contribution < 1.29 is 19.1 Å². The Kier molecular flexibility index (Phi) is 3.79.